The zero-order chi connectivity index (χ0) is 15.6. The van der Waals surface area contributed by atoms with Crippen molar-refractivity contribution >= 4 is 21.2 Å². The lowest BCUT2D eigenvalue weighted by atomic mass is 10.3. The topological polar surface area (TPSA) is 72.7 Å². The van der Waals surface area contributed by atoms with E-state index in [0.717, 1.165) is 5.52 Å². The molecule has 114 valence electrons. The third-order valence-corrected chi connectivity index (χ3v) is 4.51. The van der Waals surface area contributed by atoms with Gasteiger partial charge in [-0.25, -0.2) is 12.9 Å². The summed E-state index contributed by atoms with van der Waals surface area (Å²) in [5, 5.41) is 4.07. The van der Waals surface area contributed by atoms with Crippen molar-refractivity contribution in [3.05, 3.63) is 54.9 Å². The zero-order valence-electron chi connectivity index (χ0n) is 11.9. The lowest BCUT2D eigenvalue weighted by Crippen LogP contribution is -2.14. The molecule has 0 amide bonds. The van der Waals surface area contributed by atoms with Crippen LogP contribution in [0.4, 0.5) is 5.69 Å². The Morgan fingerprint density at radius 1 is 1.23 bits per heavy atom. The van der Waals surface area contributed by atoms with E-state index in [2.05, 4.69) is 9.82 Å². The van der Waals surface area contributed by atoms with Crippen molar-refractivity contribution in [2.24, 2.45) is 0 Å². The van der Waals surface area contributed by atoms with Gasteiger partial charge in [-0.2, -0.15) is 5.10 Å². The van der Waals surface area contributed by atoms with Crippen molar-refractivity contribution in [2.45, 2.75) is 11.8 Å². The van der Waals surface area contributed by atoms with Gasteiger partial charge in [0.25, 0.3) is 10.0 Å². The van der Waals surface area contributed by atoms with E-state index in [4.69, 9.17) is 4.74 Å². The number of hydrogen-bond acceptors (Lipinski definition) is 4. The van der Waals surface area contributed by atoms with Crippen molar-refractivity contribution in [3.63, 3.8) is 0 Å². The Hall–Kier alpha value is -2.54. The molecule has 0 aliphatic carbocycles. The van der Waals surface area contributed by atoms with Crippen LogP contribution in [0.25, 0.3) is 5.52 Å². The average Bonchev–Trinajstić information content (AvgIpc) is 2.95. The summed E-state index contributed by atoms with van der Waals surface area (Å²) in [6, 6.07) is 11.7. The number of nitrogens with zero attached hydrogens (tertiary/aromatic N) is 2. The van der Waals surface area contributed by atoms with E-state index >= 15 is 0 Å². The molecular weight excluding hydrogens is 302 g/mol. The molecule has 7 heteroatoms. The average molecular weight is 317 g/mol. The van der Waals surface area contributed by atoms with E-state index in [-0.39, 0.29) is 4.90 Å². The molecular formula is C15H15N3O3S. The van der Waals surface area contributed by atoms with Crippen LogP contribution in [0, 0.1) is 0 Å². The number of ether oxygens (including phenoxy) is 1. The number of nitrogens with one attached hydrogen (secondary N) is 1. The standard InChI is InChI=1S/C15H15N3O3S/c1-2-21-14-5-3-4-6-15(14)22(19,20)17-12-8-10-18-13(11-12)7-9-16-18/h3-11,17H,2H2,1H3. The van der Waals surface area contributed by atoms with E-state index in [9.17, 15) is 8.42 Å². The lowest BCUT2D eigenvalue weighted by Gasteiger charge is -2.12. The summed E-state index contributed by atoms with van der Waals surface area (Å²) < 4.78 is 34.7. The van der Waals surface area contributed by atoms with E-state index in [1.54, 1.807) is 53.3 Å². The molecule has 0 unspecified atom stereocenters. The maximum atomic E-state index is 12.6. The van der Waals surface area contributed by atoms with Crippen LogP contribution in [0.3, 0.4) is 0 Å². The molecule has 0 spiro atoms. The molecule has 0 aliphatic heterocycles. The number of anilines is 1. The molecule has 0 radical (unpaired) electrons. The molecule has 0 bridgehead atoms. The quantitative estimate of drug-likeness (QED) is 0.785. The maximum Gasteiger partial charge on any atom is 0.265 e. The molecule has 6 nitrogen and oxygen atoms in total. The largest absolute Gasteiger partial charge is 0.492 e. The second-order valence-corrected chi connectivity index (χ2v) is 6.25. The first kappa shape index (κ1) is 14.4. The fraction of sp³-hybridized carbons (Fsp3) is 0.133. The van der Waals surface area contributed by atoms with Gasteiger partial charge in [0.1, 0.15) is 10.6 Å². The van der Waals surface area contributed by atoms with E-state index < -0.39 is 10.0 Å². The van der Waals surface area contributed by atoms with Crippen LogP contribution in [0.15, 0.2) is 59.8 Å². The maximum absolute atomic E-state index is 12.6. The molecule has 1 N–H and O–H groups in total. The van der Waals surface area contributed by atoms with Crippen LogP contribution in [0.5, 0.6) is 5.75 Å². The first-order valence-corrected chi connectivity index (χ1v) is 8.26. The first-order valence-electron chi connectivity index (χ1n) is 6.78. The molecule has 2 aromatic heterocycles. The van der Waals surface area contributed by atoms with Gasteiger partial charge in [-0.05, 0) is 37.3 Å². The summed E-state index contributed by atoms with van der Waals surface area (Å²) in [5.41, 5.74) is 1.28. The van der Waals surface area contributed by atoms with Gasteiger partial charge in [0, 0.05) is 12.4 Å². The van der Waals surface area contributed by atoms with Crippen LogP contribution in [0.2, 0.25) is 0 Å². The molecule has 3 rings (SSSR count). The predicted molar refractivity (Wildman–Crippen MR) is 83.6 cm³/mol. The minimum atomic E-state index is -3.72. The van der Waals surface area contributed by atoms with Crippen LogP contribution in [-0.4, -0.2) is 24.6 Å². The Morgan fingerprint density at radius 2 is 2.05 bits per heavy atom. The van der Waals surface area contributed by atoms with Crippen molar-refractivity contribution in [1.29, 1.82) is 0 Å². The van der Waals surface area contributed by atoms with Gasteiger partial charge < -0.3 is 4.74 Å². The van der Waals surface area contributed by atoms with Crippen molar-refractivity contribution < 1.29 is 13.2 Å². The number of benzene rings is 1. The number of aromatic nitrogens is 2. The van der Waals surface area contributed by atoms with Crippen LogP contribution >= 0.6 is 0 Å². The van der Waals surface area contributed by atoms with Gasteiger partial charge in [0.2, 0.25) is 0 Å². The van der Waals surface area contributed by atoms with Crippen LogP contribution in [0.1, 0.15) is 6.92 Å². The normalized spacial score (nSPS) is 11.5. The molecule has 2 heterocycles. The third kappa shape index (κ3) is 2.75. The Morgan fingerprint density at radius 3 is 2.86 bits per heavy atom. The number of rotatable bonds is 5. The summed E-state index contributed by atoms with van der Waals surface area (Å²) >= 11 is 0. The lowest BCUT2D eigenvalue weighted by molar-refractivity contribution is 0.331. The number of hydrogen-bond donors (Lipinski definition) is 1. The molecule has 0 fully saturated rings. The molecule has 1 aromatic carbocycles. The molecule has 0 aliphatic rings. The second kappa shape index (κ2) is 5.69. The highest BCUT2D eigenvalue weighted by Crippen LogP contribution is 2.25. The third-order valence-electron chi connectivity index (χ3n) is 3.09. The number of para-hydroxylation sites is 1. The summed E-state index contributed by atoms with van der Waals surface area (Å²) in [6.45, 7) is 2.21. The van der Waals surface area contributed by atoms with E-state index in [0.29, 0.717) is 18.0 Å². The summed E-state index contributed by atoms with van der Waals surface area (Å²) in [5.74, 6) is 0.336. The highest BCUT2D eigenvalue weighted by atomic mass is 32.2. The summed E-state index contributed by atoms with van der Waals surface area (Å²) in [4.78, 5) is 0.116. The minimum Gasteiger partial charge on any atom is -0.492 e. The summed E-state index contributed by atoms with van der Waals surface area (Å²) in [7, 11) is -3.72. The fourth-order valence-electron chi connectivity index (χ4n) is 2.14. The first-order chi connectivity index (χ1) is 10.6. The number of fused-ring (bicyclic) bond motifs is 1. The zero-order valence-corrected chi connectivity index (χ0v) is 12.7. The highest BCUT2D eigenvalue weighted by Gasteiger charge is 2.19. The SMILES string of the molecule is CCOc1ccccc1S(=O)(=O)Nc1ccn2nccc2c1. The van der Waals surface area contributed by atoms with Crippen molar-refractivity contribution in [2.75, 3.05) is 11.3 Å². The van der Waals surface area contributed by atoms with E-state index in [1.807, 2.05) is 6.92 Å². The Labute approximate surface area is 128 Å². The second-order valence-electron chi connectivity index (χ2n) is 4.60. The summed E-state index contributed by atoms with van der Waals surface area (Å²) in [6.07, 6.45) is 3.35. The van der Waals surface area contributed by atoms with Gasteiger partial charge in [-0.3, -0.25) is 4.72 Å². The molecule has 0 saturated carbocycles. The van der Waals surface area contributed by atoms with Crippen LogP contribution < -0.4 is 9.46 Å². The Balaban J connectivity index is 1.96. The van der Waals surface area contributed by atoms with Gasteiger partial charge in [0.15, 0.2) is 0 Å². The van der Waals surface area contributed by atoms with Gasteiger partial charge in [0.05, 0.1) is 17.8 Å². The van der Waals surface area contributed by atoms with Gasteiger partial charge in [-0.15, -0.1) is 0 Å². The van der Waals surface area contributed by atoms with Gasteiger partial charge >= 0.3 is 0 Å². The Bertz CT molecular complexity index is 903. The van der Waals surface area contributed by atoms with E-state index in [1.165, 1.54) is 6.07 Å². The van der Waals surface area contributed by atoms with Crippen molar-refractivity contribution in [3.8, 4) is 5.75 Å². The molecule has 3 aromatic rings. The smallest absolute Gasteiger partial charge is 0.265 e. The number of sulfonamides is 1. The monoisotopic (exact) mass is 317 g/mol. The predicted octanol–water partition coefficient (Wildman–Crippen LogP) is 2.53. The molecule has 0 saturated heterocycles. The highest BCUT2D eigenvalue weighted by molar-refractivity contribution is 7.92. The van der Waals surface area contributed by atoms with Crippen molar-refractivity contribution in [1.82, 2.24) is 9.61 Å². The van der Waals surface area contributed by atoms with Crippen LogP contribution in [-0.2, 0) is 10.0 Å². The molecule has 22 heavy (non-hydrogen) atoms. The van der Waals surface area contributed by atoms with Gasteiger partial charge in [-0.1, -0.05) is 12.1 Å². The molecule has 0 atom stereocenters. The fourth-order valence-corrected chi connectivity index (χ4v) is 3.34. The Kier molecular flexibility index (Phi) is 3.72. The minimum absolute atomic E-state index is 0.116. The number of pyridine rings is 1.